The largest absolute Gasteiger partial charge is 0.356 e. The maximum Gasteiger partial charge on any atom is 0.157 e. The average Bonchev–Trinajstić information content (AvgIpc) is 2.37. The van der Waals surface area contributed by atoms with Gasteiger partial charge in [0.05, 0.1) is 6.61 Å². The van der Waals surface area contributed by atoms with Gasteiger partial charge in [0.1, 0.15) is 6.29 Å². The third kappa shape index (κ3) is 1.78. The number of hydrogen-bond acceptors (Lipinski definition) is 3. The van der Waals surface area contributed by atoms with E-state index in [0.29, 0.717) is 18.9 Å². The monoisotopic (exact) mass is 144 g/mol. The maximum absolute atomic E-state index is 10.1. The highest BCUT2D eigenvalue weighted by Gasteiger charge is 2.24. The van der Waals surface area contributed by atoms with Crippen LogP contribution in [0, 0.1) is 5.92 Å². The van der Waals surface area contributed by atoms with Crippen molar-refractivity contribution in [3.8, 4) is 0 Å². The zero-order valence-corrected chi connectivity index (χ0v) is 6.08. The number of hydrogen-bond donors (Lipinski definition) is 0. The summed E-state index contributed by atoms with van der Waals surface area (Å²) in [5, 5.41) is 0. The van der Waals surface area contributed by atoms with E-state index in [4.69, 9.17) is 9.47 Å². The van der Waals surface area contributed by atoms with Gasteiger partial charge in [-0.1, -0.05) is 0 Å². The number of methoxy groups -OCH3 is 1. The minimum atomic E-state index is -0.0788. The van der Waals surface area contributed by atoms with Crippen molar-refractivity contribution >= 4 is 6.29 Å². The molecule has 3 nitrogen and oxygen atoms in total. The fraction of sp³-hybridized carbons (Fsp3) is 0.857. The molecule has 0 spiro atoms. The minimum absolute atomic E-state index is 0.0788. The van der Waals surface area contributed by atoms with Crippen LogP contribution in [-0.4, -0.2) is 26.3 Å². The van der Waals surface area contributed by atoms with Gasteiger partial charge in [-0.15, -0.1) is 0 Å². The Bertz CT molecular complexity index is 113. The molecule has 0 saturated carbocycles. The van der Waals surface area contributed by atoms with Crippen LogP contribution in [0.25, 0.3) is 0 Å². The Labute approximate surface area is 60.3 Å². The van der Waals surface area contributed by atoms with Crippen molar-refractivity contribution in [2.24, 2.45) is 5.92 Å². The van der Waals surface area contributed by atoms with Crippen LogP contribution < -0.4 is 0 Å². The van der Waals surface area contributed by atoms with E-state index >= 15 is 0 Å². The third-order valence-electron chi connectivity index (χ3n) is 1.74. The molecule has 58 valence electrons. The Morgan fingerprint density at radius 2 is 2.60 bits per heavy atom. The summed E-state index contributed by atoms with van der Waals surface area (Å²) in [6.45, 7) is 0.664. The van der Waals surface area contributed by atoms with Crippen molar-refractivity contribution in [2.45, 2.75) is 19.1 Å². The lowest BCUT2D eigenvalue weighted by molar-refractivity contribution is -0.108. The molecular weight excluding hydrogens is 132 g/mol. The van der Waals surface area contributed by atoms with Crippen molar-refractivity contribution in [2.75, 3.05) is 13.7 Å². The minimum Gasteiger partial charge on any atom is -0.356 e. The Kier molecular flexibility index (Phi) is 2.83. The van der Waals surface area contributed by atoms with Gasteiger partial charge in [-0.25, -0.2) is 0 Å². The second-order valence-electron chi connectivity index (χ2n) is 2.50. The molecule has 0 aromatic rings. The van der Waals surface area contributed by atoms with Crippen molar-refractivity contribution in [1.82, 2.24) is 0 Å². The highest BCUT2D eigenvalue weighted by molar-refractivity contribution is 5.49. The average molecular weight is 144 g/mol. The molecule has 0 radical (unpaired) electrons. The molecule has 1 aliphatic rings. The number of rotatable bonds is 3. The summed E-state index contributed by atoms with van der Waals surface area (Å²) >= 11 is 0. The predicted octanol–water partition coefficient (Wildman–Crippen LogP) is 0.584. The van der Waals surface area contributed by atoms with Gasteiger partial charge in [0.25, 0.3) is 0 Å². The van der Waals surface area contributed by atoms with E-state index in [0.717, 1.165) is 12.7 Å². The Hall–Kier alpha value is -0.410. The lowest BCUT2D eigenvalue weighted by Gasteiger charge is -2.04. The van der Waals surface area contributed by atoms with E-state index in [9.17, 15) is 4.79 Å². The molecule has 0 N–H and O–H groups in total. The molecule has 0 aromatic carbocycles. The molecule has 10 heavy (non-hydrogen) atoms. The van der Waals surface area contributed by atoms with Gasteiger partial charge in [0.2, 0.25) is 0 Å². The first-order valence-corrected chi connectivity index (χ1v) is 3.45. The molecule has 2 atom stereocenters. The van der Waals surface area contributed by atoms with Gasteiger partial charge in [-0.3, -0.25) is 0 Å². The lowest BCUT2D eigenvalue weighted by Crippen LogP contribution is -2.06. The van der Waals surface area contributed by atoms with E-state index in [1.165, 1.54) is 0 Å². The molecular formula is C7H12O3. The van der Waals surface area contributed by atoms with E-state index in [2.05, 4.69) is 0 Å². The van der Waals surface area contributed by atoms with Gasteiger partial charge in [-0.05, 0) is 5.92 Å². The highest BCUT2D eigenvalue weighted by Crippen LogP contribution is 2.21. The summed E-state index contributed by atoms with van der Waals surface area (Å²) in [5.74, 6) is 0.377. The topological polar surface area (TPSA) is 35.5 Å². The van der Waals surface area contributed by atoms with Crippen LogP contribution in [0.3, 0.4) is 0 Å². The Morgan fingerprint density at radius 3 is 3.10 bits per heavy atom. The number of carbonyl (C=O) groups is 1. The molecule has 0 amide bonds. The van der Waals surface area contributed by atoms with Gasteiger partial charge < -0.3 is 14.3 Å². The predicted molar refractivity (Wildman–Crippen MR) is 35.5 cm³/mol. The first kappa shape index (κ1) is 7.69. The van der Waals surface area contributed by atoms with Gasteiger partial charge in [0.15, 0.2) is 6.29 Å². The molecule has 1 fully saturated rings. The molecule has 0 bridgehead atoms. The van der Waals surface area contributed by atoms with Crippen molar-refractivity contribution in [3.05, 3.63) is 0 Å². The molecule has 3 heteroatoms. The van der Waals surface area contributed by atoms with Crippen LogP contribution in [0.5, 0.6) is 0 Å². The number of ether oxygens (including phenoxy) is 2. The van der Waals surface area contributed by atoms with Crippen LogP contribution in [0.2, 0.25) is 0 Å². The van der Waals surface area contributed by atoms with Crippen molar-refractivity contribution in [3.63, 3.8) is 0 Å². The molecule has 0 aliphatic carbocycles. The summed E-state index contributed by atoms with van der Waals surface area (Å²) in [6.07, 6.45) is 2.31. The first-order valence-electron chi connectivity index (χ1n) is 3.45. The van der Waals surface area contributed by atoms with Gasteiger partial charge in [-0.2, -0.15) is 0 Å². The van der Waals surface area contributed by atoms with Crippen molar-refractivity contribution < 1.29 is 14.3 Å². The first-order chi connectivity index (χ1) is 4.86. The van der Waals surface area contributed by atoms with Crippen LogP contribution >= 0.6 is 0 Å². The summed E-state index contributed by atoms with van der Waals surface area (Å²) in [5.41, 5.74) is 0. The second-order valence-corrected chi connectivity index (χ2v) is 2.50. The summed E-state index contributed by atoms with van der Waals surface area (Å²) in [4.78, 5) is 10.1. The van der Waals surface area contributed by atoms with Crippen LogP contribution in [0.1, 0.15) is 12.8 Å². The molecule has 1 rings (SSSR count). The highest BCUT2D eigenvalue weighted by atomic mass is 16.7. The zero-order valence-electron chi connectivity index (χ0n) is 6.08. The lowest BCUT2D eigenvalue weighted by atomic mass is 10.1. The summed E-state index contributed by atoms with van der Waals surface area (Å²) in [6, 6.07) is 0. The molecule has 1 saturated heterocycles. The molecule has 1 aliphatic heterocycles. The second kappa shape index (κ2) is 3.68. The van der Waals surface area contributed by atoms with Crippen molar-refractivity contribution in [1.29, 1.82) is 0 Å². The van der Waals surface area contributed by atoms with E-state index in [1.54, 1.807) is 7.11 Å². The van der Waals surface area contributed by atoms with Gasteiger partial charge >= 0.3 is 0 Å². The Morgan fingerprint density at radius 1 is 1.80 bits per heavy atom. The molecule has 1 heterocycles. The van der Waals surface area contributed by atoms with E-state index < -0.39 is 0 Å². The van der Waals surface area contributed by atoms with Crippen LogP contribution in [0.4, 0.5) is 0 Å². The van der Waals surface area contributed by atoms with Gasteiger partial charge in [0, 0.05) is 20.0 Å². The van der Waals surface area contributed by atoms with E-state index in [-0.39, 0.29) is 6.29 Å². The van der Waals surface area contributed by atoms with Crippen LogP contribution in [-0.2, 0) is 14.3 Å². The number of aldehydes is 1. The summed E-state index contributed by atoms with van der Waals surface area (Å²) < 4.78 is 10.1. The SMILES string of the molecule is COC1CC(CC=O)CO1. The third-order valence-corrected chi connectivity index (χ3v) is 1.74. The molecule has 0 aromatic heterocycles. The quantitative estimate of drug-likeness (QED) is 0.544. The standard InChI is InChI=1S/C7H12O3/c1-9-7-4-6(2-3-8)5-10-7/h3,6-7H,2,4-5H2,1H3. The smallest absolute Gasteiger partial charge is 0.157 e. The Balaban J connectivity index is 2.21. The van der Waals surface area contributed by atoms with Crippen LogP contribution in [0.15, 0.2) is 0 Å². The fourth-order valence-electron chi connectivity index (χ4n) is 1.12. The fourth-order valence-corrected chi connectivity index (χ4v) is 1.12. The van der Waals surface area contributed by atoms with E-state index in [1.807, 2.05) is 0 Å². The maximum atomic E-state index is 10.1. The normalized spacial score (nSPS) is 32.5. The summed E-state index contributed by atoms with van der Waals surface area (Å²) in [7, 11) is 1.62. The zero-order chi connectivity index (χ0) is 7.40. The number of carbonyl (C=O) groups excluding carboxylic acids is 1. The molecule has 2 unspecified atom stereocenters.